The molecular weight excluding hydrogens is 405 g/mol. The Morgan fingerprint density at radius 2 is 1.81 bits per heavy atom. The van der Waals surface area contributed by atoms with Gasteiger partial charge in [-0.15, -0.1) is 0 Å². The van der Waals surface area contributed by atoms with Gasteiger partial charge in [0.05, 0.1) is 11.7 Å². The van der Waals surface area contributed by atoms with E-state index in [-0.39, 0.29) is 17.8 Å². The Labute approximate surface area is 187 Å². The molecule has 6 nitrogen and oxygen atoms in total. The van der Waals surface area contributed by atoms with Crippen molar-refractivity contribution in [3.05, 3.63) is 70.9 Å². The maximum atomic E-state index is 14.1. The van der Waals surface area contributed by atoms with E-state index in [1.54, 1.807) is 12.3 Å². The van der Waals surface area contributed by atoms with Gasteiger partial charge in [0, 0.05) is 54.3 Å². The van der Waals surface area contributed by atoms with Gasteiger partial charge in [0.2, 0.25) is 5.95 Å². The van der Waals surface area contributed by atoms with Crippen LogP contribution in [-0.2, 0) is 0 Å². The number of piperidine rings is 1. The summed E-state index contributed by atoms with van der Waals surface area (Å²) < 4.78 is 14.1. The number of amides is 1. The molecule has 32 heavy (non-hydrogen) atoms. The molecule has 0 radical (unpaired) electrons. The molecule has 2 atom stereocenters. The Balaban J connectivity index is 1.41. The van der Waals surface area contributed by atoms with Gasteiger partial charge in [-0.25, -0.2) is 14.4 Å². The van der Waals surface area contributed by atoms with Crippen molar-refractivity contribution in [3.8, 4) is 11.3 Å². The minimum absolute atomic E-state index is 0.0880. The fourth-order valence-corrected chi connectivity index (χ4v) is 4.82. The fraction of sp³-hybridized carbons (Fsp3) is 0.360. The van der Waals surface area contributed by atoms with Crippen molar-refractivity contribution < 1.29 is 9.18 Å². The van der Waals surface area contributed by atoms with E-state index in [9.17, 15) is 9.18 Å². The predicted octanol–water partition coefficient (Wildman–Crippen LogP) is 3.95. The van der Waals surface area contributed by atoms with Gasteiger partial charge >= 0.3 is 0 Å². The Bertz CT molecular complexity index is 1180. The molecule has 0 spiro atoms. The molecular formula is C25H26FN5O. The first kappa shape index (κ1) is 20.5. The largest absolute Gasteiger partial charge is 0.337 e. The van der Waals surface area contributed by atoms with Gasteiger partial charge in [0.15, 0.2) is 0 Å². The third kappa shape index (κ3) is 3.72. The van der Waals surface area contributed by atoms with Crippen LogP contribution in [-0.4, -0.2) is 51.4 Å². The van der Waals surface area contributed by atoms with Crippen LogP contribution in [0, 0.1) is 32.5 Å². The summed E-state index contributed by atoms with van der Waals surface area (Å²) in [7, 11) is 0. The zero-order valence-corrected chi connectivity index (χ0v) is 18.5. The van der Waals surface area contributed by atoms with Gasteiger partial charge in [-0.3, -0.25) is 9.78 Å². The lowest BCUT2D eigenvalue weighted by Crippen LogP contribution is -2.65. The number of hydrogen-bond acceptors (Lipinski definition) is 5. The molecule has 0 bridgehead atoms. The average Bonchev–Trinajstić information content (AvgIpc) is 2.73. The smallest absolute Gasteiger partial charge is 0.254 e. The van der Waals surface area contributed by atoms with Crippen molar-refractivity contribution in [1.82, 2.24) is 19.9 Å². The maximum absolute atomic E-state index is 14.1. The van der Waals surface area contributed by atoms with E-state index in [1.807, 2.05) is 43.9 Å². The normalized spacial score (nSPS) is 20.0. The topological polar surface area (TPSA) is 62.2 Å². The highest BCUT2D eigenvalue weighted by atomic mass is 19.1. The number of pyridine rings is 1. The first-order valence-electron chi connectivity index (χ1n) is 11.0. The summed E-state index contributed by atoms with van der Waals surface area (Å²) in [5.41, 5.74) is 4.52. The zero-order valence-electron chi connectivity index (χ0n) is 18.5. The molecule has 5 rings (SSSR count). The highest BCUT2D eigenvalue weighted by Gasteiger charge is 2.45. The van der Waals surface area contributed by atoms with Crippen LogP contribution in [0.15, 0.2) is 42.6 Å². The number of carbonyl (C=O) groups is 1. The molecule has 164 valence electrons. The highest BCUT2D eigenvalue weighted by Crippen LogP contribution is 2.36. The minimum atomic E-state index is -0.379. The summed E-state index contributed by atoms with van der Waals surface area (Å²) in [5.74, 6) is 0.810. The predicted molar refractivity (Wildman–Crippen MR) is 121 cm³/mol. The van der Waals surface area contributed by atoms with E-state index < -0.39 is 0 Å². The van der Waals surface area contributed by atoms with Crippen LogP contribution in [0.4, 0.5) is 10.3 Å². The number of nitrogens with zero attached hydrogens (tertiary/aromatic N) is 5. The van der Waals surface area contributed by atoms with Gasteiger partial charge in [0.1, 0.15) is 5.82 Å². The number of hydrogen-bond donors (Lipinski definition) is 0. The number of rotatable bonds is 3. The van der Waals surface area contributed by atoms with Crippen LogP contribution in [0.5, 0.6) is 0 Å². The molecule has 2 fully saturated rings. The third-order valence-corrected chi connectivity index (χ3v) is 6.47. The quantitative estimate of drug-likeness (QED) is 0.628. The summed E-state index contributed by atoms with van der Waals surface area (Å²) in [6.45, 7) is 8.13. The van der Waals surface area contributed by atoms with Crippen LogP contribution >= 0.6 is 0 Å². The van der Waals surface area contributed by atoms with Gasteiger partial charge in [-0.1, -0.05) is 0 Å². The number of fused-ring (bicyclic) bond motifs is 1. The molecule has 0 unspecified atom stereocenters. The number of aryl methyl sites for hydroxylation is 3. The third-order valence-electron chi connectivity index (χ3n) is 6.47. The second-order valence-electron chi connectivity index (χ2n) is 8.88. The van der Waals surface area contributed by atoms with E-state index in [0.29, 0.717) is 35.8 Å². The first-order valence-corrected chi connectivity index (χ1v) is 11.0. The van der Waals surface area contributed by atoms with Crippen LogP contribution in [0.25, 0.3) is 11.3 Å². The zero-order chi connectivity index (χ0) is 22.4. The fourth-order valence-electron chi connectivity index (χ4n) is 4.82. The monoisotopic (exact) mass is 431 g/mol. The molecule has 0 saturated carbocycles. The van der Waals surface area contributed by atoms with Crippen molar-refractivity contribution in [3.63, 3.8) is 0 Å². The second kappa shape index (κ2) is 7.97. The van der Waals surface area contributed by atoms with Gasteiger partial charge < -0.3 is 9.80 Å². The molecule has 7 heteroatoms. The van der Waals surface area contributed by atoms with Crippen molar-refractivity contribution in [1.29, 1.82) is 0 Å². The van der Waals surface area contributed by atoms with Crippen LogP contribution in [0.3, 0.4) is 0 Å². The lowest BCUT2D eigenvalue weighted by atomic mass is 9.82. The summed E-state index contributed by atoms with van der Waals surface area (Å²) >= 11 is 0. The standard InChI is InChI=1S/C25H26FN5O/c1-15-6-8-27-22(10-15)21-12-19(26)4-5-20(21)24(32)30-9-7-18-13-31(23(18)14-30)25-28-16(2)11-17(3)29-25/h4-6,8,10-12,18,23H,7,9,13-14H2,1-3H3/t18-,23-/m0/s1. The van der Waals surface area contributed by atoms with Gasteiger partial charge in [-0.05, 0) is 69.2 Å². The molecule has 2 aliphatic rings. The van der Waals surface area contributed by atoms with E-state index >= 15 is 0 Å². The lowest BCUT2D eigenvalue weighted by Gasteiger charge is -2.53. The Morgan fingerprint density at radius 3 is 2.56 bits per heavy atom. The average molecular weight is 432 g/mol. The molecule has 2 aromatic heterocycles. The van der Waals surface area contributed by atoms with Crippen molar-refractivity contribution in [2.45, 2.75) is 33.2 Å². The van der Waals surface area contributed by atoms with Crippen LogP contribution in [0.2, 0.25) is 0 Å². The number of likely N-dealkylation sites (tertiary alicyclic amines) is 1. The van der Waals surface area contributed by atoms with Crippen LogP contribution in [0.1, 0.15) is 33.7 Å². The highest BCUT2D eigenvalue weighted by molar-refractivity contribution is 6.00. The number of benzene rings is 1. The van der Waals surface area contributed by atoms with Gasteiger partial charge in [0.25, 0.3) is 5.91 Å². The summed E-state index contributed by atoms with van der Waals surface area (Å²) in [5, 5.41) is 0. The van der Waals surface area contributed by atoms with Crippen molar-refractivity contribution in [2.24, 2.45) is 5.92 Å². The van der Waals surface area contributed by atoms with E-state index in [1.165, 1.54) is 12.1 Å². The number of halogens is 1. The molecule has 3 aromatic rings. The molecule has 4 heterocycles. The first-order chi connectivity index (χ1) is 15.4. The molecule has 2 saturated heterocycles. The van der Waals surface area contributed by atoms with Gasteiger partial charge in [-0.2, -0.15) is 0 Å². The maximum Gasteiger partial charge on any atom is 0.254 e. The Kier molecular flexibility index (Phi) is 5.12. The van der Waals surface area contributed by atoms with E-state index in [0.717, 1.165) is 35.9 Å². The molecule has 0 aliphatic carbocycles. The Hall–Kier alpha value is -3.35. The summed E-state index contributed by atoms with van der Waals surface area (Å²) in [4.78, 5) is 31.2. The SMILES string of the molecule is Cc1ccnc(-c2cc(F)ccc2C(=O)N2CC[C@H]3CN(c4nc(C)cc(C)n4)[C@H]3C2)c1. The summed E-state index contributed by atoms with van der Waals surface area (Å²) in [6.07, 6.45) is 2.63. The lowest BCUT2D eigenvalue weighted by molar-refractivity contribution is 0.0590. The molecule has 2 aliphatic heterocycles. The summed E-state index contributed by atoms with van der Waals surface area (Å²) in [6, 6.07) is 10.3. The second-order valence-corrected chi connectivity index (χ2v) is 8.88. The molecule has 1 aromatic carbocycles. The Morgan fingerprint density at radius 1 is 1.03 bits per heavy atom. The van der Waals surface area contributed by atoms with Crippen molar-refractivity contribution >= 4 is 11.9 Å². The van der Waals surface area contributed by atoms with E-state index in [4.69, 9.17) is 0 Å². The van der Waals surface area contributed by atoms with E-state index in [2.05, 4.69) is 19.9 Å². The molecule has 0 N–H and O–H groups in total. The molecule has 1 amide bonds. The minimum Gasteiger partial charge on any atom is -0.337 e. The van der Waals surface area contributed by atoms with Crippen molar-refractivity contribution in [2.75, 3.05) is 24.5 Å². The van der Waals surface area contributed by atoms with Crippen LogP contribution < -0.4 is 4.90 Å². The number of carbonyl (C=O) groups excluding carboxylic acids is 1. The number of aromatic nitrogens is 3. The number of anilines is 1.